The van der Waals surface area contributed by atoms with Gasteiger partial charge in [-0.25, -0.2) is 0 Å². The molecule has 9 rings (SSSR count). The van der Waals surface area contributed by atoms with Gasteiger partial charge >= 0.3 is 0 Å². The van der Waals surface area contributed by atoms with E-state index in [0.29, 0.717) is 0 Å². The summed E-state index contributed by atoms with van der Waals surface area (Å²) >= 11 is 0. The lowest BCUT2D eigenvalue weighted by Crippen LogP contribution is -2.72. The SMILES string of the molecule is CC(=O)N[C@H]1[C@H](O[C@@H]2[C@H](O)[C@@H](O)[C@H](O[C@H]3[C@H](O[C@@H]4O[C@@H](C)[C@@H](O)[C@@H](O)[C@@H]4O)[C@@H](NC(C)=O)[C@H](O[C@@H]4[C@H](O)[C@@H](O)[C@H](O[C@H]5[C@H](O[C@@H]6O[C@@H](C)[C@@H](O)[C@@H](O)[C@@H]6O)[C@@H](NC(C)=O)C(O)O[C@@H]5CO)O[C@@H]4CO)O[C@@H]3CO)O[C@@H]2CO)O[C@H](CO)[C@@H](O[C@@H]2O[C@H](CO)[C@H](O)[C@H](O)[C@H]2O)[C@@H]1O[C@@H]1O[C@@H](C)[C@@H](O)[C@@H](O)[C@@H]1O. The van der Waals surface area contributed by atoms with Crippen LogP contribution in [0.3, 0.4) is 0 Å². The maximum atomic E-state index is 13.4. The highest BCUT2D eigenvalue weighted by Gasteiger charge is 2.62. The second kappa shape index (κ2) is 37.2. The molecular formula is C60H101N3O43. The van der Waals surface area contributed by atoms with Gasteiger partial charge in [0.05, 0.1) is 58.0 Å². The van der Waals surface area contributed by atoms with Crippen LogP contribution in [0.15, 0.2) is 0 Å². The molecule has 26 N–H and O–H groups in total. The molecule has 0 saturated carbocycles. The summed E-state index contributed by atoms with van der Waals surface area (Å²) < 4.78 is 102. The van der Waals surface area contributed by atoms with Gasteiger partial charge < -0.3 is 214 Å². The van der Waals surface area contributed by atoms with E-state index >= 15 is 0 Å². The van der Waals surface area contributed by atoms with Crippen molar-refractivity contribution < 1.29 is 212 Å². The van der Waals surface area contributed by atoms with E-state index in [4.69, 9.17) is 80.5 Å². The molecular weight excluding hydrogens is 1450 g/mol. The number of rotatable bonds is 25. The fourth-order valence-corrected chi connectivity index (χ4v) is 14.0. The predicted molar refractivity (Wildman–Crippen MR) is 328 cm³/mol. The third kappa shape index (κ3) is 18.5. The first-order chi connectivity index (χ1) is 50.0. The normalized spacial score (nSPS) is 51.1. The zero-order chi connectivity index (χ0) is 78.1. The minimum Gasteiger partial charge on any atom is -0.394 e. The highest BCUT2D eigenvalue weighted by molar-refractivity contribution is 5.74. The average molecular weight is 1550 g/mol. The van der Waals surface area contributed by atoms with Crippen LogP contribution in [0.4, 0.5) is 0 Å². The van der Waals surface area contributed by atoms with Crippen LogP contribution in [0.25, 0.3) is 0 Å². The van der Waals surface area contributed by atoms with Crippen molar-refractivity contribution in [2.75, 3.05) is 39.6 Å². The van der Waals surface area contributed by atoms with E-state index in [0.717, 1.165) is 20.8 Å². The van der Waals surface area contributed by atoms with Gasteiger partial charge in [0.1, 0.15) is 201 Å². The summed E-state index contributed by atoms with van der Waals surface area (Å²) in [5.41, 5.74) is 0. The molecule has 1 unspecified atom stereocenters. The molecule has 46 nitrogen and oxygen atoms in total. The van der Waals surface area contributed by atoms with Crippen LogP contribution in [-0.4, -0.2) is 451 Å². The van der Waals surface area contributed by atoms with Crippen LogP contribution in [-0.2, 0) is 94.9 Å². The second-order valence-electron chi connectivity index (χ2n) is 27.3. The summed E-state index contributed by atoms with van der Waals surface area (Å²) in [6, 6.07) is -5.55. The molecule has 9 aliphatic rings. The summed E-state index contributed by atoms with van der Waals surface area (Å²) in [6.45, 7) is 0.0751. The Morgan fingerprint density at radius 3 is 0.764 bits per heavy atom. The van der Waals surface area contributed by atoms with E-state index in [1.807, 2.05) is 0 Å². The molecule has 46 heteroatoms. The zero-order valence-corrected chi connectivity index (χ0v) is 57.7. The minimum atomic E-state index is -2.44. The fraction of sp³-hybridized carbons (Fsp3) is 0.950. The fourth-order valence-electron chi connectivity index (χ4n) is 14.0. The lowest BCUT2D eigenvalue weighted by molar-refractivity contribution is -0.399. The number of carbonyl (C=O) groups excluding carboxylic acids is 3. The highest BCUT2D eigenvalue weighted by atomic mass is 16.8. The molecule has 0 radical (unpaired) electrons. The Balaban J connectivity index is 0.997. The number of aliphatic hydroxyl groups is 23. The number of nitrogens with one attached hydrogen (secondary N) is 3. The lowest BCUT2D eigenvalue weighted by atomic mass is 9.93. The standard InChI is InChI=1S/C60H101N3O43/c1-13-28(73)32(77)38(83)55(90-13)104-49-25(61-16(4)70)52(89)93-22(10-67)46(49)101-59-42(87)36(81)44(20(8-65)97-59)99-54-27(63-18(6)72)51(106-57-40(85)34(79)30(75)15(3)92-57)48(24(12-69)96-54)103-60-43(88)37(82)45(21(9-66)98-60)100-53-26(62-17(5)71)50(105-56-39(84)33(78)29(74)14(2)91-56)47(23(11-68)95-53)102-58-41(86)35(80)31(76)19(7-64)94-58/h13-15,19-60,64-69,73-89H,7-12H2,1-6H3,(H,61,70)(H,62,71)(H,63,72)/t13-,14-,15-,19+,20+,21+,22+,23+,24+,25+,26+,27+,28+,29+,30+,31-,32+,33+,34+,35-,36+,37+,38-,39-,40-,41+,42+,43+,44-,45-,46+,47+,48+,49+,50+,51+,52?,53-,54-,55-,56-,57-,58-,59-,60-/m0/s1. The van der Waals surface area contributed by atoms with Crippen LogP contribution < -0.4 is 16.0 Å². The number of ether oxygens (including phenoxy) is 17. The molecule has 9 fully saturated rings. The molecule has 0 aliphatic carbocycles. The molecule has 106 heavy (non-hydrogen) atoms. The van der Waals surface area contributed by atoms with E-state index in [9.17, 15) is 132 Å². The van der Waals surface area contributed by atoms with Crippen molar-refractivity contribution in [1.29, 1.82) is 0 Å². The van der Waals surface area contributed by atoms with E-state index in [1.165, 1.54) is 20.8 Å². The summed E-state index contributed by atoms with van der Waals surface area (Å²) in [5, 5.41) is 261. The van der Waals surface area contributed by atoms with Gasteiger partial charge in [-0.3, -0.25) is 14.4 Å². The Morgan fingerprint density at radius 1 is 0.245 bits per heavy atom. The smallest absolute Gasteiger partial charge is 0.217 e. The highest BCUT2D eigenvalue weighted by Crippen LogP contribution is 2.41. The molecule has 9 aliphatic heterocycles. The molecule has 3 amide bonds. The van der Waals surface area contributed by atoms with Crippen molar-refractivity contribution in [2.24, 2.45) is 0 Å². The van der Waals surface area contributed by atoms with Crippen LogP contribution in [0.5, 0.6) is 0 Å². The van der Waals surface area contributed by atoms with E-state index in [2.05, 4.69) is 16.0 Å². The van der Waals surface area contributed by atoms with Crippen molar-refractivity contribution in [1.82, 2.24) is 16.0 Å². The van der Waals surface area contributed by atoms with Crippen molar-refractivity contribution in [3.05, 3.63) is 0 Å². The van der Waals surface area contributed by atoms with Gasteiger partial charge in [-0.15, -0.1) is 0 Å². The number of amides is 3. The van der Waals surface area contributed by atoms with Crippen molar-refractivity contribution in [3.63, 3.8) is 0 Å². The van der Waals surface area contributed by atoms with Gasteiger partial charge in [0.2, 0.25) is 17.7 Å². The molecule has 0 bridgehead atoms. The zero-order valence-electron chi connectivity index (χ0n) is 57.7. The van der Waals surface area contributed by atoms with Gasteiger partial charge in [-0.2, -0.15) is 0 Å². The maximum Gasteiger partial charge on any atom is 0.217 e. The first kappa shape index (κ1) is 86.8. The van der Waals surface area contributed by atoms with Crippen molar-refractivity contribution in [2.45, 2.75) is 318 Å². The van der Waals surface area contributed by atoms with Crippen molar-refractivity contribution >= 4 is 17.7 Å². The molecule has 614 valence electrons. The number of aliphatic hydroxyl groups excluding tert-OH is 23. The van der Waals surface area contributed by atoms with Crippen LogP contribution in [0.2, 0.25) is 0 Å². The summed E-state index contributed by atoms with van der Waals surface area (Å²) in [6.07, 6.45) is -82.3. The predicted octanol–water partition coefficient (Wildman–Crippen LogP) is -17.1. The van der Waals surface area contributed by atoms with Crippen molar-refractivity contribution in [3.8, 4) is 0 Å². The molecule has 0 aromatic rings. The van der Waals surface area contributed by atoms with Gasteiger partial charge in [-0.1, -0.05) is 0 Å². The molecule has 0 aromatic heterocycles. The number of carbonyl (C=O) groups is 3. The molecule has 0 spiro atoms. The summed E-state index contributed by atoms with van der Waals surface area (Å²) in [4.78, 5) is 39.2. The van der Waals surface area contributed by atoms with E-state index < -0.39 is 334 Å². The van der Waals surface area contributed by atoms with Crippen LogP contribution in [0.1, 0.15) is 41.5 Å². The Labute approximate surface area is 602 Å². The van der Waals surface area contributed by atoms with Gasteiger partial charge in [0.15, 0.2) is 56.6 Å². The first-order valence-electron chi connectivity index (χ1n) is 34.2. The summed E-state index contributed by atoms with van der Waals surface area (Å²) in [5.74, 6) is -2.71. The third-order valence-electron chi connectivity index (χ3n) is 19.9. The summed E-state index contributed by atoms with van der Waals surface area (Å²) in [7, 11) is 0. The Morgan fingerprint density at radius 2 is 0.462 bits per heavy atom. The molecule has 45 atom stereocenters. The topological polar surface area (TPSA) is 710 Å². The second-order valence-corrected chi connectivity index (χ2v) is 27.3. The Bertz CT molecular complexity index is 2780. The minimum absolute atomic E-state index is 0.811. The molecule has 9 heterocycles. The lowest BCUT2D eigenvalue weighted by Gasteiger charge is -2.52. The molecule has 9 saturated heterocycles. The number of hydrogen-bond acceptors (Lipinski definition) is 43. The average Bonchev–Trinajstić information content (AvgIpc) is 0.765. The Hall–Kier alpha value is -3.19. The van der Waals surface area contributed by atoms with Crippen LogP contribution >= 0.6 is 0 Å². The van der Waals surface area contributed by atoms with Gasteiger partial charge in [0, 0.05) is 20.8 Å². The quantitative estimate of drug-likeness (QED) is 0.0404. The third-order valence-corrected chi connectivity index (χ3v) is 19.9. The monoisotopic (exact) mass is 1550 g/mol. The maximum absolute atomic E-state index is 13.4. The number of hydrogen-bond donors (Lipinski definition) is 26. The van der Waals surface area contributed by atoms with E-state index in [1.54, 1.807) is 0 Å². The van der Waals surface area contributed by atoms with E-state index in [-0.39, 0.29) is 0 Å². The first-order valence-corrected chi connectivity index (χ1v) is 34.2. The van der Waals surface area contributed by atoms with Gasteiger partial charge in [0.25, 0.3) is 0 Å². The Kier molecular flexibility index (Phi) is 30.4. The molecule has 0 aromatic carbocycles. The largest absolute Gasteiger partial charge is 0.394 e. The van der Waals surface area contributed by atoms with Gasteiger partial charge in [-0.05, 0) is 20.8 Å². The van der Waals surface area contributed by atoms with Crippen LogP contribution in [0, 0.1) is 0 Å².